The summed E-state index contributed by atoms with van der Waals surface area (Å²) in [5, 5.41) is 12.6. The lowest BCUT2D eigenvalue weighted by atomic mass is 9.85. The first kappa shape index (κ1) is 14.5. The number of aliphatic hydroxyl groups excluding tert-OH is 1. The Hall–Kier alpha value is -1.42. The van der Waals surface area contributed by atoms with Gasteiger partial charge in [-0.1, -0.05) is 31.5 Å². The van der Waals surface area contributed by atoms with Crippen molar-refractivity contribution in [3.63, 3.8) is 0 Å². The van der Waals surface area contributed by atoms with Crippen LogP contribution in [0, 0.1) is 17.2 Å². The molecule has 3 rings (SSSR count). The molecule has 4 unspecified atom stereocenters. The van der Waals surface area contributed by atoms with Crippen molar-refractivity contribution in [1.29, 1.82) is 0 Å². The minimum absolute atomic E-state index is 0.00739. The standard InChI is InChI=1S/C17H22FNO2/c1-17(10-20)8-4-7-15(17)19-16(21)13-9-12(13)11-5-2-3-6-14(11)18/h2-3,5-6,12-13,15,20H,4,7-10H2,1H3,(H,19,21). The van der Waals surface area contributed by atoms with E-state index in [-0.39, 0.29) is 41.6 Å². The van der Waals surface area contributed by atoms with Crippen molar-refractivity contribution in [2.75, 3.05) is 6.61 Å². The van der Waals surface area contributed by atoms with Crippen LogP contribution in [0.25, 0.3) is 0 Å². The zero-order valence-electron chi connectivity index (χ0n) is 12.3. The second kappa shape index (κ2) is 5.41. The second-order valence-corrected chi connectivity index (χ2v) is 6.74. The third-order valence-electron chi connectivity index (χ3n) is 5.19. The van der Waals surface area contributed by atoms with Crippen molar-refractivity contribution in [3.8, 4) is 0 Å². The molecule has 0 heterocycles. The van der Waals surface area contributed by atoms with Gasteiger partial charge in [-0.05, 0) is 36.8 Å². The Morgan fingerprint density at radius 3 is 2.95 bits per heavy atom. The smallest absolute Gasteiger partial charge is 0.223 e. The Bertz CT molecular complexity index is 547. The number of benzene rings is 1. The van der Waals surface area contributed by atoms with Crippen LogP contribution in [0.2, 0.25) is 0 Å². The largest absolute Gasteiger partial charge is 0.396 e. The summed E-state index contributed by atoms with van der Waals surface area (Å²) in [4.78, 5) is 12.3. The first-order valence-corrected chi connectivity index (χ1v) is 7.71. The lowest BCUT2D eigenvalue weighted by Crippen LogP contribution is -2.45. The van der Waals surface area contributed by atoms with Crippen LogP contribution in [0.3, 0.4) is 0 Å². The van der Waals surface area contributed by atoms with E-state index in [1.54, 1.807) is 12.1 Å². The van der Waals surface area contributed by atoms with Gasteiger partial charge in [0.05, 0.1) is 6.61 Å². The summed E-state index contributed by atoms with van der Waals surface area (Å²) in [6.07, 6.45) is 3.61. The monoisotopic (exact) mass is 291 g/mol. The van der Waals surface area contributed by atoms with Crippen LogP contribution in [0.1, 0.15) is 44.1 Å². The van der Waals surface area contributed by atoms with Gasteiger partial charge in [0.15, 0.2) is 0 Å². The number of hydrogen-bond acceptors (Lipinski definition) is 2. The number of nitrogens with one attached hydrogen (secondary N) is 1. The van der Waals surface area contributed by atoms with Gasteiger partial charge in [-0.25, -0.2) is 4.39 Å². The molecule has 0 bridgehead atoms. The quantitative estimate of drug-likeness (QED) is 0.896. The van der Waals surface area contributed by atoms with Crippen LogP contribution in [0.4, 0.5) is 4.39 Å². The zero-order chi connectivity index (χ0) is 15.0. The third-order valence-corrected chi connectivity index (χ3v) is 5.19. The van der Waals surface area contributed by atoms with Gasteiger partial charge < -0.3 is 10.4 Å². The van der Waals surface area contributed by atoms with Crippen molar-refractivity contribution in [2.45, 2.75) is 44.6 Å². The van der Waals surface area contributed by atoms with Crippen LogP contribution in [-0.2, 0) is 4.79 Å². The van der Waals surface area contributed by atoms with Crippen LogP contribution in [-0.4, -0.2) is 23.7 Å². The fourth-order valence-corrected chi connectivity index (χ4v) is 3.55. The van der Waals surface area contributed by atoms with Gasteiger partial charge >= 0.3 is 0 Å². The Balaban J connectivity index is 1.62. The Morgan fingerprint density at radius 1 is 1.48 bits per heavy atom. The molecule has 4 heteroatoms. The summed E-state index contributed by atoms with van der Waals surface area (Å²) in [5.41, 5.74) is 0.437. The molecule has 21 heavy (non-hydrogen) atoms. The van der Waals surface area contributed by atoms with Gasteiger partial charge in [0.2, 0.25) is 5.91 Å². The highest BCUT2D eigenvalue weighted by Gasteiger charge is 2.47. The topological polar surface area (TPSA) is 49.3 Å². The molecule has 2 fully saturated rings. The van der Waals surface area contributed by atoms with Crippen LogP contribution >= 0.6 is 0 Å². The molecule has 2 saturated carbocycles. The van der Waals surface area contributed by atoms with E-state index in [9.17, 15) is 14.3 Å². The summed E-state index contributed by atoms with van der Waals surface area (Å²) in [6, 6.07) is 6.73. The molecule has 2 N–H and O–H groups in total. The maximum Gasteiger partial charge on any atom is 0.223 e. The first-order valence-electron chi connectivity index (χ1n) is 7.71. The van der Waals surface area contributed by atoms with Gasteiger partial charge in [0.25, 0.3) is 0 Å². The highest BCUT2D eigenvalue weighted by molar-refractivity contribution is 5.83. The number of carbonyl (C=O) groups excluding carboxylic acids is 1. The molecule has 4 atom stereocenters. The minimum Gasteiger partial charge on any atom is -0.396 e. The molecule has 0 aromatic heterocycles. The van der Waals surface area contributed by atoms with Crippen LogP contribution in [0.15, 0.2) is 24.3 Å². The molecule has 3 nitrogen and oxygen atoms in total. The molecule has 114 valence electrons. The maximum atomic E-state index is 13.7. The van der Waals surface area contributed by atoms with Crippen LogP contribution < -0.4 is 5.32 Å². The van der Waals surface area contributed by atoms with E-state index < -0.39 is 0 Å². The van der Waals surface area contributed by atoms with Crippen molar-refractivity contribution in [3.05, 3.63) is 35.6 Å². The number of halogens is 1. The van der Waals surface area contributed by atoms with Gasteiger partial charge in [0, 0.05) is 17.4 Å². The van der Waals surface area contributed by atoms with Crippen molar-refractivity contribution >= 4 is 5.91 Å². The predicted octanol–water partition coefficient (Wildman–Crippen LogP) is 2.60. The summed E-state index contributed by atoms with van der Waals surface area (Å²) < 4.78 is 13.7. The van der Waals surface area contributed by atoms with E-state index in [4.69, 9.17) is 0 Å². The molecule has 0 aliphatic heterocycles. The summed E-state index contributed by atoms with van der Waals surface area (Å²) >= 11 is 0. The van der Waals surface area contributed by atoms with E-state index in [2.05, 4.69) is 5.32 Å². The highest BCUT2D eigenvalue weighted by Crippen LogP contribution is 2.49. The second-order valence-electron chi connectivity index (χ2n) is 6.74. The maximum absolute atomic E-state index is 13.7. The van der Waals surface area contributed by atoms with Gasteiger partial charge in [-0.2, -0.15) is 0 Å². The van der Waals surface area contributed by atoms with Gasteiger partial charge in [-0.3, -0.25) is 4.79 Å². The molecule has 1 aromatic carbocycles. The van der Waals surface area contributed by atoms with Crippen molar-refractivity contribution in [1.82, 2.24) is 5.32 Å². The Kier molecular flexibility index (Phi) is 3.74. The Morgan fingerprint density at radius 2 is 2.24 bits per heavy atom. The molecular weight excluding hydrogens is 269 g/mol. The zero-order valence-corrected chi connectivity index (χ0v) is 12.3. The molecule has 1 aromatic rings. The number of rotatable bonds is 4. The Labute approximate surface area is 124 Å². The fraction of sp³-hybridized carbons (Fsp3) is 0.588. The molecular formula is C17H22FNO2. The van der Waals surface area contributed by atoms with E-state index in [0.29, 0.717) is 5.56 Å². The minimum atomic E-state index is -0.223. The molecule has 0 saturated heterocycles. The third kappa shape index (κ3) is 2.69. The molecule has 0 radical (unpaired) electrons. The molecule has 2 aliphatic carbocycles. The van der Waals surface area contributed by atoms with Crippen molar-refractivity contribution in [2.24, 2.45) is 11.3 Å². The van der Waals surface area contributed by atoms with E-state index in [1.165, 1.54) is 6.07 Å². The van der Waals surface area contributed by atoms with E-state index >= 15 is 0 Å². The average molecular weight is 291 g/mol. The lowest BCUT2D eigenvalue weighted by molar-refractivity contribution is -0.124. The van der Waals surface area contributed by atoms with Crippen molar-refractivity contribution < 1.29 is 14.3 Å². The number of amides is 1. The molecule has 2 aliphatic rings. The van der Waals surface area contributed by atoms with Crippen LogP contribution in [0.5, 0.6) is 0 Å². The number of carbonyl (C=O) groups is 1. The van der Waals surface area contributed by atoms with E-state index in [0.717, 1.165) is 25.7 Å². The summed E-state index contributed by atoms with van der Waals surface area (Å²) in [7, 11) is 0. The first-order chi connectivity index (χ1) is 10.0. The average Bonchev–Trinajstić information content (AvgIpc) is 3.19. The highest BCUT2D eigenvalue weighted by atomic mass is 19.1. The number of aliphatic hydroxyl groups is 1. The molecule has 1 amide bonds. The SMILES string of the molecule is CC1(CO)CCCC1NC(=O)C1CC1c1ccccc1F. The normalized spacial score (nSPS) is 34.7. The van der Waals surface area contributed by atoms with Gasteiger partial charge in [-0.15, -0.1) is 0 Å². The number of hydrogen-bond donors (Lipinski definition) is 2. The van der Waals surface area contributed by atoms with E-state index in [1.807, 2.05) is 13.0 Å². The fourth-order valence-electron chi connectivity index (χ4n) is 3.55. The molecule has 0 spiro atoms. The predicted molar refractivity (Wildman–Crippen MR) is 78.2 cm³/mol. The summed E-state index contributed by atoms with van der Waals surface area (Å²) in [6.45, 7) is 2.12. The summed E-state index contributed by atoms with van der Waals surface area (Å²) in [5.74, 6) is -0.327. The van der Waals surface area contributed by atoms with Gasteiger partial charge in [0.1, 0.15) is 5.82 Å². The lowest BCUT2D eigenvalue weighted by Gasteiger charge is -2.30.